The lowest BCUT2D eigenvalue weighted by Gasteiger charge is -2.25. The van der Waals surface area contributed by atoms with E-state index in [1.807, 2.05) is 44.2 Å². The van der Waals surface area contributed by atoms with E-state index in [0.29, 0.717) is 6.42 Å². The van der Waals surface area contributed by atoms with Crippen LogP contribution in [-0.2, 0) is 0 Å². The molecule has 0 saturated heterocycles. The molecule has 0 aliphatic heterocycles. The quantitative estimate of drug-likeness (QED) is 0.532. The number of ether oxygens (including phenoxy) is 1. The van der Waals surface area contributed by atoms with Gasteiger partial charge in [0.25, 0.3) is 0 Å². The van der Waals surface area contributed by atoms with Crippen LogP contribution < -0.4 is 4.74 Å². The van der Waals surface area contributed by atoms with Gasteiger partial charge in [0.1, 0.15) is 11.9 Å². The van der Waals surface area contributed by atoms with E-state index in [2.05, 4.69) is 20.8 Å². The van der Waals surface area contributed by atoms with E-state index in [-0.39, 0.29) is 6.42 Å². The van der Waals surface area contributed by atoms with Gasteiger partial charge in [-0.1, -0.05) is 30.3 Å². The van der Waals surface area contributed by atoms with Crippen LogP contribution in [0.15, 0.2) is 30.3 Å². The number of rotatable bonds is 6. The SMILES string of the molecule is Cc1c(C)c(C)c(OC(CCCC(F)(F)F)c2ccccc2)c(C)c1C. The van der Waals surface area contributed by atoms with Crippen molar-refractivity contribution in [2.75, 3.05) is 0 Å². The third kappa shape index (κ3) is 4.80. The number of benzene rings is 2. The fourth-order valence-electron chi connectivity index (χ4n) is 3.23. The van der Waals surface area contributed by atoms with Crippen LogP contribution in [0, 0.1) is 34.6 Å². The van der Waals surface area contributed by atoms with Crippen molar-refractivity contribution in [1.82, 2.24) is 0 Å². The van der Waals surface area contributed by atoms with Crippen molar-refractivity contribution in [1.29, 1.82) is 0 Å². The van der Waals surface area contributed by atoms with Crippen molar-refractivity contribution in [3.63, 3.8) is 0 Å². The van der Waals surface area contributed by atoms with Crippen molar-refractivity contribution >= 4 is 0 Å². The van der Waals surface area contributed by atoms with Gasteiger partial charge in [0.15, 0.2) is 0 Å². The molecule has 0 heterocycles. The first kappa shape index (κ1) is 20.3. The summed E-state index contributed by atoms with van der Waals surface area (Å²) in [5, 5.41) is 0. The summed E-state index contributed by atoms with van der Waals surface area (Å²) < 4.78 is 44.0. The van der Waals surface area contributed by atoms with Gasteiger partial charge in [0, 0.05) is 6.42 Å². The van der Waals surface area contributed by atoms with Crippen molar-refractivity contribution < 1.29 is 17.9 Å². The second-order valence-electron chi connectivity index (χ2n) is 6.98. The molecule has 1 unspecified atom stereocenters. The Morgan fingerprint density at radius 1 is 0.808 bits per heavy atom. The summed E-state index contributed by atoms with van der Waals surface area (Å²) in [6, 6.07) is 9.50. The van der Waals surface area contributed by atoms with E-state index in [1.165, 1.54) is 16.7 Å². The lowest BCUT2D eigenvalue weighted by Crippen LogP contribution is -2.13. The van der Waals surface area contributed by atoms with E-state index < -0.39 is 18.7 Å². The predicted molar refractivity (Wildman–Crippen MR) is 99.8 cm³/mol. The number of alkyl halides is 3. The standard InChI is InChI=1S/C22H27F3O/c1-14-15(2)17(4)21(18(5)16(14)3)26-20(12-9-13-22(23,24)25)19-10-7-6-8-11-19/h6-8,10-11,20H,9,12-13H2,1-5H3. The summed E-state index contributed by atoms with van der Waals surface area (Å²) in [7, 11) is 0. The van der Waals surface area contributed by atoms with Crippen molar-refractivity contribution in [3.05, 3.63) is 63.7 Å². The molecule has 0 bridgehead atoms. The van der Waals surface area contributed by atoms with Crippen molar-refractivity contribution in [3.8, 4) is 5.75 Å². The van der Waals surface area contributed by atoms with Crippen LogP contribution >= 0.6 is 0 Å². The van der Waals surface area contributed by atoms with Crippen LogP contribution in [0.2, 0.25) is 0 Å². The normalized spacial score (nSPS) is 12.9. The Hall–Kier alpha value is -1.97. The minimum absolute atomic E-state index is 0.0466. The van der Waals surface area contributed by atoms with Gasteiger partial charge in [-0.05, 0) is 80.8 Å². The van der Waals surface area contributed by atoms with Gasteiger partial charge in [-0.3, -0.25) is 0 Å². The molecule has 0 radical (unpaired) electrons. The van der Waals surface area contributed by atoms with Gasteiger partial charge in [-0.15, -0.1) is 0 Å². The Kier molecular flexibility index (Phi) is 6.38. The number of hydrogen-bond acceptors (Lipinski definition) is 1. The molecule has 142 valence electrons. The highest BCUT2D eigenvalue weighted by molar-refractivity contribution is 5.53. The Bertz CT molecular complexity index is 719. The minimum atomic E-state index is -4.13. The highest BCUT2D eigenvalue weighted by Crippen LogP contribution is 2.37. The molecule has 0 spiro atoms. The predicted octanol–water partition coefficient (Wildman–Crippen LogP) is 7.08. The van der Waals surface area contributed by atoms with Gasteiger partial charge in [0.2, 0.25) is 0 Å². The third-order valence-electron chi connectivity index (χ3n) is 5.29. The molecular formula is C22H27F3O. The van der Waals surface area contributed by atoms with Crippen LogP contribution in [0.4, 0.5) is 13.2 Å². The molecule has 1 atom stereocenters. The van der Waals surface area contributed by atoms with Crippen molar-refractivity contribution in [2.24, 2.45) is 0 Å². The Labute approximate surface area is 154 Å². The third-order valence-corrected chi connectivity index (χ3v) is 5.29. The molecule has 2 aromatic carbocycles. The largest absolute Gasteiger partial charge is 0.485 e. The molecule has 0 aliphatic carbocycles. The Morgan fingerprint density at radius 3 is 1.81 bits per heavy atom. The maximum absolute atomic E-state index is 12.6. The van der Waals surface area contributed by atoms with E-state index in [0.717, 1.165) is 22.4 Å². The van der Waals surface area contributed by atoms with Crippen LogP contribution in [0.25, 0.3) is 0 Å². The summed E-state index contributed by atoms with van der Waals surface area (Å²) in [5.74, 6) is 0.798. The maximum Gasteiger partial charge on any atom is 0.389 e. The molecule has 0 aromatic heterocycles. The zero-order valence-corrected chi connectivity index (χ0v) is 16.1. The van der Waals surface area contributed by atoms with Crippen molar-refractivity contribution in [2.45, 2.75) is 66.2 Å². The molecule has 0 fully saturated rings. The molecule has 0 aliphatic rings. The molecule has 2 aromatic rings. The summed E-state index contributed by atoms with van der Waals surface area (Å²) in [4.78, 5) is 0. The first-order chi connectivity index (χ1) is 12.1. The molecule has 0 saturated carbocycles. The van der Waals surface area contributed by atoms with Gasteiger partial charge < -0.3 is 4.74 Å². The summed E-state index contributed by atoms with van der Waals surface area (Å²) in [6.07, 6.45) is -4.94. The molecular weight excluding hydrogens is 337 g/mol. The average molecular weight is 364 g/mol. The first-order valence-corrected chi connectivity index (χ1v) is 8.97. The molecule has 4 heteroatoms. The van der Waals surface area contributed by atoms with Crippen LogP contribution in [0.3, 0.4) is 0 Å². The van der Waals surface area contributed by atoms with Gasteiger partial charge in [-0.2, -0.15) is 13.2 Å². The fraction of sp³-hybridized carbons (Fsp3) is 0.455. The molecule has 26 heavy (non-hydrogen) atoms. The lowest BCUT2D eigenvalue weighted by molar-refractivity contribution is -0.136. The minimum Gasteiger partial charge on any atom is -0.485 e. The number of hydrogen-bond donors (Lipinski definition) is 0. The highest BCUT2D eigenvalue weighted by atomic mass is 19.4. The van der Waals surface area contributed by atoms with Gasteiger partial charge in [-0.25, -0.2) is 0 Å². The fourth-order valence-corrected chi connectivity index (χ4v) is 3.23. The highest BCUT2D eigenvalue weighted by Gasteiger charge is 2.27. The molecule has 0 N–H and O–H groups in total. The van der Waals surface area contributed by atoms with Gasteiger partial charge >= 0.3 is 6.18 Å². The average Bonchev–Trinajstić information content (AvgIpc) is 2.60. The maximum atomic E-state index is 12.6. The van der Waals surface area contributed by atoms with Crippen LogP contribution in [0.5, 0.6) is 5.75 Å². The monoisotopic (exact) mass is 364 g/mol. The first-order valence-electron chi connectivity index (χ1n) is 8.97. The topological polar surface area (TPSA) is 9.23 Å². The van der Waals surface area contributed by atoms with E-state index in [4.69, 9.17) is 4.74 Å². The molecule has 1 nitrogen and oxygen atoms in total. The summed E-state index contributed by atoms with van der Waals surface area (Å²) >= 11 is 0. The zero-order valence-electron chi connectivity index (χ0n) is 16.1. The van der Waals surface area contributed by atoms with Crippen LogP contribution in [-0.4, -0.2) is 6.18 Å². The van der Waals surface area contributed by atoms with E-state index >= 15 is 0 Å². The van der Waals surface area contributed by atoms with E-state index in [9.17, 15) is 13.2 Å². The summed E-state index contributed by atoms with van der Waals surface area (Å²) in [6.45, 7) is 10.2. The Morgan fingerprint density at radius 2 is 1.31 bits per heavy atom. The molecule has 2 rings (SSSR count). The van der Waals surface area contributed by atoms with E-state index in [1.54, 1.807) is 0 Å². The zero-order chi connectivity index (χ0) is 19.5. The lowest BCUT2D eigenvalue weighted by atomic mass is 9.93. The number of halogens is 3. The van der Waals surface area contributed by atoms with Gasteiger partial charge in [0.05, 0.1) is 0 Å². The molecule has 0 amide bonds. The second kappa shape index (κ2) is 8.15. The Balaban J connectivity index is 2.33. The summed E-state index contributed by atoms with van der Waals surface area (Å²) in [5.41, 5.74) is 6.60. The van der Waals surface area contributed by atoms with Crippen LogP contribution in [0.1, 0.15) is 58.7 Å². The smallest absolute Gasteiger partial charge is 0.389 e. The second-order valence-corrected chi connectivity index (χ2v) is 6.98.